The Labute approximate surface area is 158 Å². The number of carbonyl (C=O) groups excluding carboxylic acids is 3. The smallest absolute Gasteiger partial charge is 0.253 e. The summed E-state index contributed by atoms with van der Waals surface area (Å²) in [5.74, 6) is -0.829. The van der Waals surface area contributed by atoms with E-state index in [4.69, 9.17) is 5.73 Å². The summed E-state index contributed by atoms with van der Waals surface area (Å²) in [7, 11) is 1.62. The van der Waals surface area contributed by atoms with Crippen LogP contribution in [0.4, 0.5) is 0 Å². The number of primary amides is 1. The van der Waals surface area contributed by atoms with Crippen molar-refractivity contribution in [1.82, 2.24) is 15.2 Å². The summed E-state index contributed by atoms with van der Waals surface area (Å²) in [6.07, 6.45) is 2.59. The highest BCUT2D eigenvalue weighted by atomic mass is 16.2. The number of amides is 3. The number of rotatable bonds is 8. The van der Waals surface area contributed by atoms with E-state index in [-0.39, 0.29) is 24.8 Å². The third kappa shape index (κ3) is 5.37. The van der Waals surface area contributed by atoms with E-state index in [9.17, 15) is 14.4 Å². The van der Waals surface area contributed by atoms with Gasteiger partial charge in [-0.1, -0.05) is 19.1 Å². The molecule has 0 aliphatic carbocycles. The van der Waals surface area contributed by atoms with E-state index in [0.29, 0.717) is 23.4 Å². The molecule has 27 heavy (non-hydrogen) atoms. The van der Waals surface area contributed by atoms with Crippen LogP contribution in [0.15, 0.2) is 42.6 Å². The maximum atomic E-state index is 12.4. The number of aromatic nitrogens is 1. The Kier molecular flexibility index (Phi) is 7.05. The molecule has 2 aromatic rings. The quantitative estimate of drug-likeness (QED) is 0.741. The molecule has 0 saturated heterocycles. The molecule has 0 aliphatic heterocycles. The van der Waals surface area contributed by atoms with Gasteiger partial charge in [0.1, 0.15) is 0 Å². The minimum absolute atomic E-state index is 0.116. The summed E-state index contributed by atoms with van der Waals surface area (Å²) < 4.78 is 0. The van der Waals surface area contributed by atoms with Crippen LogP contribution in [0, 0.1) is 0 Å². The molecule has 3 N–H and O–H groups in total. The van der Waals surface area contributed by atoms with Gasteiger partial charge in [0.2, 0.25) is 5.91 Å². The predicted octanol–water partition coefficient (Wildman–Crippen LogP) is 1.84. The number of nitrogens with two attached hydrogens (primary N) is 1. The molecule has 0 unspecified atom stereocenters. The first-order valence-corrected chi connectivity index (χ1v) is 8.81. The zero-order valence-electron chi connectivity index (χ0n) is 15.6. The van der Waals surface area contributed by atoms with Gasteiger partial charge in [-0.05, 0) is 30.7 Å². The molecule has 1 aromatic heterocycles. The molecule has 0 bridgehead atoms. The largest absolute Gasteiger partial charge is 0.370 e. The molecule has 0 saturated carbocycles. The number of hydrogen-bond donors (Lipinski definition) is 2. The number of nitrogens with one attached hydrogen (secondary N) is 1. The van der Waals surface area contributed by atoms with Crippen LogP contribution in [0.5, 0.6) is 0 Å². The molecule has 1 aromatic carbocycles. The van der Waals surface area contributed by atoms with Crippen LogP contribution < -0.4 is 11.1 Å². The van der Waals surface area contributed by atoms with E-state index in [1.54, 1.807) is 49.6 Å². The Morgan fingerprint density at radius 1 is 1.15 bits per heavy atom. The highest BCUT2D eigenvalue weighted by Crippen LogP contribution is 2.22. The van der Waals surface area contributed by atoms with Crippen molar-refractivity contribution in [3.05, 3.63) is 53.7 Å². The minimum Gasteiger partial charge on any atom is -0.370 e. The van der Waals surface area contributed by atoms with Crippen molar-refractivity contribution in [3.63, 3.8) is 0 Å². The molecule has 0 spiro atoms. The highest BCUT2D eigenvalue weighted by Gasteiger charge is 2.15. The molecule has 142 valence electrons. The van der Waals surface area contributed by atoms with E-state index in [1.165, 1.54) is 4.90 Å². The van der Waals surface area contributed by atoms with Gasteiger partial charge in [0.05, 0.1) is 11.3 Å². The standard InChI is InChI=1S/C20H24N4O3/c1-3-11-23-19(26)16-5-4-12-22-18(16)14-6-8-15(9-7-14)20(27)24(2)13-10-17(21)25/h4-9,12H,3,10-11,13H2,1-2H3,(H2,21,25)(H,23,26). The molecule has 0 aliphatic rings. The number of benzene rings is 1. The Morgan fingerprint density at radius 2 is 1.85 bits per heavy atom. The zero-order valence-corrected chi connectivity index (χ0v) is 15.6. The lowest BCUT2D eigenvalue weighted by Crippen LogP contribution is -2.30. The Morgan fingerprint density at radius 3 is 2.48 bits per heavy atom. The second-order valence-corrected chi connectivity index (χ2v) is 6.18. The van der Waals surface area contributed by atoms with Crippen molar-refractivity contribution in [3.8, 4) is 11.3 Å². The van der Waals surface area contributed by atoms with Gasteiger partial charge < -0.3 is 16.0 Å². The van der Waals surface area contributed by atoms with Crippen molar-refractivity contribution < 1.29 is 14.4 Å². The molecule has 7 nitrogen and oxygen atoms in total. The molecular weight excluding hydrogens is 344 g/mol. The molecular formula is C20H24N4O3. The second kappa shape index (κ2) is 9.47. The number of hydrogen-bond acceptors (Lipinski definition) is 4. The number of nitrogens with zero attached hydrogens (tertiary/aromatic N) is 2. The summed E-state index contributed by atoms with van der Waals surface area (Å²) in [5, 5.41) is 2.85. The van der Waals surface area contributed by atoms with Crippen molar-refractivity contribution >= 4 is 17.7 Å². The van der Waals surface area contributed by atoms with Crippen molar-refractivity contribution in [1.29, 1.82) is 0 Å². The van der Waals surface area contributed by atoms with Gasteiger partial charge in [-0.15, -0.1) is 0 Å². The fourth-order valence-corrected chi connectivity index (χ4v) is 2.52. The molecule has 0 fully saturated rings. The average molecular weight is 368 g/mol. The minimum atomic E-state index is -0.450. The van der Waals surface area contributed by atoms with Crippen LogP contribution in [-0.4, -0.2) is 47.7 Å². The first-order valence-electron chi connectivity index (χ1n) is 8.81. The molecule has 0 atom stereocenters. The van der Waals surface area contributed by atoms with Crippen LogP contribution in [0.3, 0.4) is 0 Å². The molecule has 2 rings (SSSR count). The molecule has 7 heteroatoms. The van der Waals surface area contributed by atoms with E-state index in [1.807, 2.05) is 6.92 Å². The highest BCUT2D eigenvalue weighted by molar-refractivity contribution is 6.00. The summed E-state index contributed by atoms with van der Waals surface area (Å²) in [5.41, 5.74) is 7.40. The lowest BCUT2D eigenvalue weighted by molar-refractivity contribution is -0.118. The maximum Gasteiger partial charge on any atom is 0.253 e. The summed E-state index contributed by atoms with van der Waals surface area (Å²) in [6, 6.07) is 10.3. The van der Waals surface area contributed by atoms with E-state index in [0.717, 1.165) is 12.0 Å². The SMILES string of the molecule is CCCNC(=O)c1cccnc1-c1ccc(C(=O)N(C)CCC(N)=O)cc1. The van der Waals surface area contributed by atoms with Gasteiger partial charge in [-0.2, -0.15) is 0 Å². The predicted molar refractivity (Wildman–Crippen MR) is 103 cm³/mol. The molecule has 3 amide bonds. The maximum absolute atomic E-state index is 12.4. The second-order valence-electron chi connectivity index (χ2n) is 6.18. The van der Waals surface area contributed by atoms with Crippen LogP contribution in [0.1, 0.15) is 40.5 Å². The fraction of sp³-hybridized carbons (Fsp3) is 0.300. The lowest BCUT2D eigenvalue weighted by Gasteiger charge is -2.16. The Hall–Kier alpha value is -3.22. The van der Waals surface area contributed by atoms with Gasteiger partial charge in [-0.25, -0.2) is 0 Å². The summed E-state index contributed by atoms with van der Waals surface area (Å²) >= 11 is 0. The van der Waals surface area contributed by atoms with Gasteiger partial charge in [-0.3, -0.25) is 19.4 Å². The normalized spacial score (nSPS) is 10.3. The van der Waals surface area contributed by atoms with E-state index in [2.05, 4.69) is 10.3 Å². The summed E-state index contributed by atoms with van der Waals surface area (Å²) in [6.45, 7) is 2.84. The number of carbonyl (C=O) groups is 3. The molecule has 1 heterocycles. The Bertz CT molecular complexity index is 818. The fourth-order valence-electron chi connectivity index (χ4n) is 2.52. The van der Waals surface area contributed by atoms with Gasteiger partial charge in [0, 0.05) is 43.9 Å². The van der Waals surface area contributed by atoms with Crippen LogP contribution in [-0.2, 0) is 4.79 Å². The van der Waals surface area contributed by atoms with Crippen molar-refractivity contribution in [2.45, 2.75) is 19.8 Å². The zero-order chi connectivity index (χ0) is 19.8. The Balaban J connectivity index is 2.19. The van der Waals surface area contributed by atoms with E-state index >= 15 is 0 Å². The molecule has 0 radical (unpaired) electrons. The van der Waals surface area contributed by atoms with E-state index < -0.39 is 5.91 Å². The van der Waals surface area contributed by atoms with Crippen LogP contribution in [0.25, 0.3) is 11.3 Å². The lowest BCUT2D eigenvalue weighted by atomic mass is 10.0. The third-order valence-electron chi connectivity index (χ3n) is 4.03. The number of pyridine rings is 1. The monoisotopic (exact) mass is 368 g/mol. The third-order valence-corrected chi connectivity index (χ3v) is 4.03. The van der Waals surface area contributed by atoms with Crippen molar-refractivity contribution in [2.75, 3.05) is 20.1 Å². The van der Waals surface area contributed by atoms with Gasteiger partial charge >= 0.3 is 0 Å². The van der Waals surface area contributed by atoms with Crippen LogP contribution >= 0.6 is 0 Å². The van der Waals surface area contributed by atoms with Crippen LogP contribution in [0.2, 0.25) is 0 Å². The van der Waals surface area contributed by atoms with Gasteiger partial charge in [0.15, 0.2) is 0 Å². The van der Waals surface area contributed by atoms with Crippen molar-refractivity contribution in [2.24, 2.45) is 5.73 Å². The summed E-state index contributed by atoms with van der Waals surface area (Å²) in [4.78, 5) is 41.4. The van der Waals surface area contributed by atoms with Gasteiger partial charge in [0.25, 0.3) is 11.8 Å². The first kappa shape index (κ1) is 20.1. The topological polar surface area (TPSA) is 105 Å². The first-order chi connectivity index (χ1) is 12.9. The average Bonchev–Trinajstić information content (AvgIpc) is 2.69.